The smallest absolute Gasteiger partial charge is 0.309 e. The zero-order valence-corrected chi connectivity index (χ0v) is 13.3. The molecule has 20 heavy (non-hydrogen) atoms. The van der Waals surface area contributed by atoms with Gasteiger partial charge in [-0.25, -0.2) is 0 Å². The Balaban J connectivity index is 1.58. The molecule has 112 valence electrons. The molecular formula is C18H28O2. The maximum Gasteiger partial charge on any atom is 0.309 e. The van der Waals surface area contributed by atoms with Crippen molar-refractivity contribution in [3.8, 4) is 0 Å². The van der Waals surface area contributed by atoms with Crippen LogP contribution in [-0.2, 0) is 9.53 Å². The lowest BCUT2D eigenvalue weighted by atomic mass is 9.62. The third-order valence-corrected chi connectivity index (χ3v) is 6.89. The van der Waals surface area contributed by atoms with Gasteiger partial charge >= 0.3 is 5.97 Å². The molecular weight excluding hydrogens is 248 g/mol. The molecule has 2 heteroatoms. The molecule has 2 nitrogen and oxygen atoms in total. The van der Waals surface area contributed by atoms with E-state index in [9.17, 15) is 4.79 Å². The maximum atomic E-state index is 12.6. The van der Waals surface area contributed by atoms with Crippen molar-refractivity contribution in [1.29, 1.82) is 0 Å². The van der Waals surface area contributed by atoms with E-state index >= 15 is 0 Å². The van der Waals surface area contributed by atoms with E-state index in [0.717, 1.165) is 30.1 Å². The van der Waals surface area contributed by atoms with Crippen LogP contribution in [-0.4, -0.2) is 11.6 Å². The van der Waals surface area contributed by atoms with Crippen molar-refractivity contribution in [3.05, 3.63) is 0 Å². The molecule has 0 radical (unpaired) electrons. The Morgan fingerprint density at radius 3 is 2.55 bits per heavy atom. The molecule has 0 amide bonds. The van der Waals surface area contributed by atoms with Crippen molar-refractivity contribution < 1.29 is 9.53 Å². The van der Waals surface area contributed by atoms with Crippen LogP contribution < -0.4 is 0 Å². The summed E-state index contributed by atoms with van der Waals surface area (Å²) in [6.07, 6.45) is 6.74. The molecule has 0 aromatic rings. The summed E-state index contributed by atoms with van der Waals surface area (Å²) in [7, 11) is 0. The van der Waals surface area contributed by atoms with Gasteiger partial charge in [-0.3, -0.25) is 4.79 Å². The molecule has 4 fully saturated rings. The number of carbonyl (C=O) groups excluding carboxylic acids is 1. The Morgan fingerprint density at radius 1 is 1.15 bits per heavy atom. The van der Waals surface area contributed by atoms with E-state index < -0.39 is 0 Å². The zero-order valence-electron chi connectivity index (χ0n) is 13.3. The standard InChI is InChI=1S/C18H28O2/c1-17(2,3)20-16(19)13-9-18(4)8-12(13)14-10-5-6-11(7-10)15(14)18/h10-15H,5-9H2,1-4H3. The van der Waals surface area contributed by atoms with Gasteiger partial charge in [0.1, 0.15) is 5.60 Å². The number of hydrogen-bond donors (Lipinski definition) is 0. The minimum absolute atomic E-state index is 0.0902. The lowest BCUT2D eigenvalue weighted by Crippen LogP contribution is -2.41. The number of carbonyl (C=O) groups is 1. The van der Waals surface area contributed by atoms with Crippen LogP contribution >= 0.6 is 0 Å². The maximum absolute atomic E-state index is 12.6. The molecule has 4 saturated carbocycles. The first kappa shape index (κ1) is 13.2. The number of ether oxygens (including phenoxy) is 1. The van der Waals surface area contributed by atoms with Crippen LogP contribution in [0.3, 0.4) is 0 Å². The summed E-state index contributed by atoms with van der Waals surface area (Å²) in [5.41, 5.74) is 0.102. The van der Waals surface area contributed by atoms with Gasteiger partial charge in [0.05, 0.1) is 5.92 Å². The Morgan fingerprint density at radius 2 is 1.85 bits per heavy atom. The fourth-order valence-electron chi connectivity index (χ4n) is 6.72. The van der Waals surface area contributed by atoms with Gasteiger partial charge in [-0.05, 0) is 87.9 Å². The fraction of sp³-hybridized carbons (Fsp3) is 0.944. The van der Waals surface area contributed by atoms with E-state index in [2.05, 4.69) is 6.92 Å². The molecule has 0 aromatic heterocycles. The van der Waals surface area contributed by atoms with Crippen LogP contribution in [0.25, 0.3) is 0 Å². The average Bonchev–Trinajstić information content (AvgIpc) is 3.00. The van der Waals surface area contributed by atoms with Gasteiger partial charge in [-0.1, -0.05) is 6.92 Å². The molecule has 4 rings (SSSR count). The summed E-state index contributed by atoms with van der Waals surface area (Å²) >= 11 is 0. The van der Waals surface area contributed by atoms with Gasteiger partial charge in [-0.15, -0.1) is 0 Å². The normalized spacial score (nSPS) is 52.4. The number of rotatable bonds is 1. The molecule has 4 bridgehead atoms. The molecule has 0 spiro atoms. The van der Waals surface area contributed by atoms with E-state index in [1.807, 2.05) is 20.8 Å². The number of hydrogen-bond acceptors (Lipinski definition) is 2. The van der Waals surface area contributed by atoms with Crippen LogP contribution in [0.15, 0.2) is 0 Å². The van der Waals surface area contributed by atoms with Crippen molar-refractivity contribution in [2.24, 2.45) is 40.9 Å². The van der Waals surface area contributed by atoms with Crippen molar-refractivity contribution >= 4 is 5.97 Å². The van der Waals surface area contributed by atoms with Gasteiger partial charge in [0.2, 0.25) is 0 Å². The second-order valence-electron chi connectivity index (χ2n) is 9.30. The van der Waals surface area contributed by atoms with Crippen molar-refractivity contribution in [3.63, 3.8) is 0 Å². The zero-order chi connectivity index (χ0) is 14.3. The number of esters is 1. The summed E-state index contributed by atoms with van der Waals surface area (Å²) in [5.74, 6) is 4.62. The SMILES string of the molecule is CC(C)(C)OC(=O)C1CC2(C)CC1C1C3CCC(C3)C12. The molecule has 0 heterocycles. The summed E-state index contributed by atoms with van der Waals surface area (Å²) < 4.78 is 5.71. The highest BCUT2D eigenvalue weighted by atomic mass is 16.6. The lowest BCUT2D eigenvalue weighted by molar-refractivity contribution is -0.164. The summed E-state index contributed by atoms with van der Waals surface area (Å²) in [4.78, 5) is 12.6. The first-order valence-corrected chi connectivity index (χ1v) is 8.51. The molecule has 4 aliphatic rings. The third-order valence-electron chi connectivity index (χ3n) is 6.89. The fourth-order valence-corrected chi connectivity index (χ4v) is 6.72. The predicted octanol–water partition coefficient (Wildman–Crippen LogP) is 4.04. The van der Waals surface area contributed by atoms with Gasteiger partial charge in [0, 0.05) is 0 Å². The van der Waals surface area contributed by atoms with Crippen LogP contribution in [0.5, 0.6) is 0 Å². The Kier molecular flexibility index (Phi) is 2.51. The third kappa shape index (κ3) is 1.66. The van der Waals surface area contributed by atoms with E-state index in [4.69, 9.17) is 4.74 Å². The molecule has 0 aliphatic heterocycles. The first-order valence-electron chi connectivity index (χ1n) is 8.51. The molecule has 0 saturated heterocycles. The average molecular weight is 276 g/mol. The molecule has 4 aliphatic carbocycles. The van der Waals surface area contributed by atoms with Crippen molar-refractivity contribution in [2.75, 3.05) is 0 Å². The van der Waals surface area contributed by atoms with Gasteiger partial charge < -0.3 is 4.74 Å². The van der Waals surface area contributed by atoms with Crippen LogP contribution in [0.2, 0.25) is 0 Å². The second kappa shape index (κ2) is 3.81. The molecule has 7 unspecified atom stereocenters. The van der Waals surface area contributed by atoms with Crippen LogP contribution in [0.1, 0.15) is 59.8 Å². The van der Waals surface area contributed by atoms with Gasteiger partial charge in [0.15, 0.2) is 0 Å². The first-order chi connectivity index (χ1) is 9.28. The van der Waals surface area contributed by atoms with Gasteiger partial charge in [-0.2, -0.15) is 0 Å². The van der Waals surface area contributed by atoms with Crippen molar-refractivity contribution in [2.45, 2.75) is 65.4 Å². The minimum atomic E-state index is -0.339. The van der Waals surface area contributed by atoms with Crippen molar-refractivity contribution in [1.82, 2.24) is 0 Å². The molecule has 7 atom stereocenters. The predicted molar refractivity (Wildman–Crippen MR) is 78.0 cm³/mol. The highest BCUT2D eigenvalue weighted by Crippen LogP contribution is 2.73. The topological polar surface area (TPSA) is 26.3 Å². The summed E-state index contributed by atoms with van der Waals surface area (Å²) in [6.45, 7) is 8.43. The largest absolute Gasteiger partial charge is 0.460 e. The minimum Gasteiger partial charge on any atom is -0.460 e. The Labute approximate surface area is 122 Å². The second-order valence-corrected chi connectivity index (χ2v) is 9.30. The Bertz CT molecular complexity index is 449. The molecule has 0 N–H and O–H groups in total. The lowest BCUT2D eigenvalue weighted by Gasteiger charge is -2.42. The molecule has 0 aromatic carbocycles. The number of fused-ring (bicyclic) bond motifs is 9. The van der Waals surface area contributed by atoms with E-state index in [-0.39, 0.29) is 17.5 Å². The quantitative estimate of drug-likeness (QED) is 0.534. The summed E-state index contributed by atoms with van der Waals surface area (Å²) in [5, 5.41) is 0. The van der Waals surface area contributed by atoms with Crippen LogP contribution in [0, 0.1) is 40.9 Å². The van der Waals surface area contributed by atoms with E-state index in [0.29, 0.717) is 11.3 Å². The monoisotopic (exact) mass is 276 g/mol. The summed E-state index contributed by atoms with van der Waals surface area (Å²) in [6, 6.07) is 0. The highest BCUT2D eigenvalue weighted by Gasteiger charge is 2.68. The van der Waals surface area contributed by atoms with E-state index in [1.54, 1.807) is 0 Å². The van der Waals surface area contributed by atoms with E-state index in [1.165, 1.54) is 25.7 Å². The highest BCUT2D eigenvalue weighted by molar-refractivity contribution is 5.74. The Hall–Kier alpha value is -0.530. The van der Waals surface area contributed by atoms with Gasteiger partial charge in [0.25, 0.3) is 0 Å². The van der Waals surface area contributed by atoms with Crippen LogP contribution in [0.4, 0.5) is 0 Å².